The second kappa shape index (κ2) is 8.09. The number of rotatable bonds is 5. The second-order valence-electron chi connectivity index (χ2n) is 6.79. The van der Waals surface area contributed by atoms with Gasteiger partial charge in [-0.2, -0.15) is 0 Å². The van der Waals surface area contributed by atoms with E-state index < -0.39 is 0 Å². The van der Waals surface area contributed by atoms with Gasteiger partial charge >= 0.3 is 0 Å². The molecule has 0 amide bonds. The minimum Gasteiger partial charge on any atom is -0.0891 e. The summed E-state index contributed by atoms with van der Waals surface area (Å²) in [6.45, 7) is 2.33. The molecule has 2 heteroatoms. The van der Waals surface area contributed by atoms with Crippen molar-refractivity contribution in [3.63, 3.8) is 0 Å². The van der Waals surface area contributed by atoms with Crippen LogP contribution in [0.2, 0.25) is 18.1 Å². The topological polar surface area (TPSA) is 0 Å². The lowest BCUT2D eigenvalue weighted by Crippen LogP contribution is -2.28. The number of hydrogen-bond donors (Lipinski definition) is 0. The summed E-state index contributed by atoms with van der Waals surface area (Å²) >= 11 is 3.79. The molecule has 2 aliphatic rings. The summed E-state index contributed by atoms with van der Waals surface area (Å²) in [4.78, 5) is 0.841. The van der Waals surface area contributed by atoms with Crippen molar-refractivity contribution in [3.05, 3.63) is 0 Å². The van der Waals surface area contributed by atoms with E-state index in [4.69, 9.17) is 0 Å². The van der Waals surface area contributed by atoms with Gasteiger partial charge in [-0.3, -0.25) is 0 Å². The van der Waals surface area contributed by atoms with Crippen LogP contribution in [0, 0.1) is 11.8 Å². The van der Waals surface area contributed by atoms with Crippen LogP contribution in [0.5, 0.6) is 0 Å². The Morgan fingerprint density at radius 2 is 1.50 bits per heavy atom. The third-order valence-corrected chi connectivity index (χ3v) is 9.92. The Morgan fingerprint density at radius 3 is 2.11 bits per heavy atom. The minimum atomic E-state index is -0.272. The van der Waals surface area contributed by atoms with Crippen molar-refractivity contribution in [3.8, 4) is 0 Å². The van der Waals surface area contributed by atoms with Gasteiger partial charge in [0.05, 0.1) is 0 Å². The van der Waals surface area contributed by atoms with E-state index in [1.807, 2.05) is 0 Å². The summed E-state index contributed by atoms with van der Waals surface area (Å²) in [6.07, 6.45) is 13.6. The van der Waals surface area contributed by atoms with Crippen LogP contribution in [0.25, 0.3) is 0 Å². The average molecular weight is 331 g/mol. The fourth-order valence-corrected chi connectivity index (χ4v) is 8.24. The lowest BCUT2D eigenvalue weighted by atomic mass is 9.77. The quantitative estimate of drug-likeness (QED) is 0.341. The lowest BCUT2D eigenvalue weighted by Gasteiger charge is -2.36. The summed E-state index contributed by atoms with van der Waals surface area (Å²) in [5.41, 5.74) is 0. The van der Waals surface area contributed by atoms with E-state index in [0.717, 1.165) is 16.7 Å². The third-order valence-electron chi connectivity index (χ3n) is 5.48. The fraction of sp³-hybridized carbons (Fsp3) is 1.00. The van der Waals surface area contributed by atoms with Crippen molar-refractivity contribution in [2.45, 2.75) is 87.7 Å². The largest absolute Gasteiger partial charge is 0.0891 e. The molecule has 0 aromatic carbocycles. The van der Waals surface area contributed by atoms with Crippen LogP contribution < -0.4 is 0 Å². The van der Waals surface area contributed by atoms with E-state index in [1.54, 1.807) is 37.4 Å². The first kappa shape index (κ1) is 15.1. The predicted octanol–water partition coefficient (Wildman–Crippen LogP) is 5.77. The highest BCUT2D eigenvalue weighted by Crippen LogP contribution is 2.40. The monoisotopic (exact) mass is 330 g/mol. The molecule has 18 heavy (non-hydrogen) atoms. The maximum atomic E-state index is 3.79. The number of alkyl halides is 1. The number of unbranched alkanes of at least 4 members (excludes halogenated alkanes) is 2. The summed E-state index contributed by atoms with van der Waals surface area (Å²) in [7, 11) is -0.272. The van der Waals surface area contributed by atoms with Crippen LogP contribution >= 0.6 is 15.9 Å². The van der Waals surface area contributed by atoms with Gasteiger partial charge < -0.3 is 0 Å². The van der Waals surface area contributed by atoms with Crippen molar-refractivity contribution in [1.29, 1.82) is 0 Å². The van der Waals surface area contributed by atoms with E-state index in [0.29, 0.717) is 0 Å². The normalized spacial score (nSPS) is 37.7. The van der Waals surface area contributed by atoms with Crippen LogP contribution in [-0.4, -0.2) is 13.6 Å². The fourth-order valence-electron chi connectivity index (χ4n) is 4.18. The van der Waals surface area contributed by atoms with Gasteiger partial charge in [-0.05, 0) is 37.5 Å². The molecule has 1 heterocycles. The smallest absolute Gasteiger partial charge is 0.0368 e. The van der Waals surface area contributed by atoms with E-state index >= 15 is 0 Å². The molecule has 2 rings (SSSR count). The van der Waals surface area contributed by atoms with Gasteiger partial charge in [-0.25, -0.2) is 0 Å². The summed E-state index contributed by atoms with van der Waals surface area (Å²) in [6, 6.07) is 5.03. The van der Waals surface area contributed by atoms with Crippen LogP contribution in [-0.2, 0) is 0 Å². The van der Waals surface area contributed by atoms with Gasteiger partial charge in [0.15, 0.2) is 0 Å². The van der Waals surface area contributed by atoms with Crippen molar-refractivity contribution >= 4 is 24.7 Å². The summed E-state index contributed by atoms with van der Waals surface area (Å²) in [5.74, 6) is 2.23. The van der Waals surface area contributed by atoms with Crippen molar-refractivity contribution in [2.75, 3.05) is 0 Å². The van der Waals surface area contributed by atoms with Crippen LogP contribution in [0.3, 0.4) is 0 Å². The molecule has 0 spiro atoms. The van der Waals surface area contributed by atoms with Crippen molar-refractivity contribution in [2.24, 2.45) is 11.8 Å². The zero-order valence-corrected chi connectivity index (χ0v) is 14.9. The van der Waals surface area contributed by atoms with Crippen molar-refractivity contribution < 1.29 is 0 Å². The molecule has 1 saturated heterocycles. The zero-order chi connectivity index (χ0) is 12.8. The van der Waals surface area contributed by atoms with Gasteiger partial charge in [-0.15, -0.1) is 0 Å². The number of halogens is 1. The molecule has 0 aromatic rings. The Kier molecular flexibility index (Phi) is 6.78. The molecule has 0 bridgehead atoms. The van der Waals surface area contributed by atoms with Gasteiger partial charge in [0.1, 0.15) is 0 Å². The molecule has 0 aromatic heterocycles. The van der Waals surface area contributed by atoms with Gasteiger partial charge in [0.2, 0.25) is 0 Å². The average Bonchev–Trinajstić information content (AvgIpc) is 2.41. The Bertz CT molecular complexity index is 215. The standard InChI is InChI=1S/C16H31BrSi/c1-2-3-4-11-18-12-9-15(10-13-18)14-5-7-16(17)8-6-14/h14-16,18H,2-13H2,1H3/t14?,15-,16?,18-. The zero-order valence-electron chi connectivity index (χ0n) is 12.2. The minimum absolute atomic E-state index is 0.272. The third kappa shape index (κ3) is 4.66. The van der Waals surface area contributed by atoms with Crippen LogP contribution in [0.15, 0.2) is 0 Å². The number of hydrogen-bond acceptors (Lipinski definition) is 0. The molecular weight excluding hydrogens is 300 g/mol. The molecule has 0 atom stereocenters. The molecular formula is C16H31BrSi. The summed E-state index contributed by atoms with van der Waals surface area (Å²) in [5, 5.41) is 0. The van der Waals surface area contributed by atoms with Crippen molar-refractivity contribution in [1.82, 2.24) is 0 Å². The highest BCUT2D eigenvalue weighted by atomic mass is 79.9. The highest BCUT2D eigenvalue weighted by molar-refractivity contribution is 9.09. The lowest BCUT2D eigenvalue weighted by molar-refractivity contribution is 0.234. The highest BCUT2D eigenvalue weighted by Gasteiger charge is 2.30. The molecule has 0 N–H and O–H groups in total. The molecule has 2 fully saturated rings. The molecule has 0 radical (unpaired) electrons. The molecule has 1 aliphatic carbocycles. The van der Waals surface area contributed by atoms with Crippen LogP contribution in [0.1, 0.15) is 64.7 Å². The molecule has 1 aliphatic heterocycles. The first-order valence-corrected chi connectivity index (χ1v) is 11.8. The summed E-state index contributed by atoms with van der Waals surface area (Å²) < 4.78 is 0. The van der Waals surface area contributed by atoms with E-state index in [1.165, 1.54) is 38.5 Å². The Balaban J connectivity index is 1.63. The van der Waals surface area contributed by atoms with E-state index in [9.17, 15) is 0 Å². The second-order valence-corrected chi connectivity index (χ2v) is 11.5. The van der Waals surface area contributed by atoms with Gasteiger partial charge in [0.25, 0.3) is 0 Å². The predicted molar refractivity (Wildman–Crippen MR) is 88.5 cm³/mol. The molecule has 1 saturated carbocycles. The van der Waals surface area contributed by atoms with E-state index in [2.05, 4.69) is 22.9 Å². The van der Waals surface area contributed by atoms with Gasteiger partial charge in [0, 0.05) is 13.6 Å². The maximum Gasteiger partial charge on any atom is 0.0368 e. The van der Waals surface area contributed by atoms with Crippen LogP contribution in [0.4, 0.5) is 0 Å². The Labute approximate surface area is 124 Å². The SMILES string of the molecule is CCCCC[Si@H]1CC[C@H](C2CCC(Br)CC2)CC1. The molecule has 0 nitrogen and oxygen atoms in total. The van der Waals surface area contributed by atoms with E-state index in [-0.39, 0.29) is 8.80 Å². The Morgan fingerprint density at radius 1 is 0.889 bits per heavy atom. The first-order chi connectivity index (χ1) is 8.79. The van der Waals surface area contributed by atoms with Gasteiger partial charge in [-0.1, -0.05) is 73.1 Å². The first-order valence-electron chi connectivity index (χ1n) is 8.43. The molecule has 0 unspecified atom stereocenters. The maximum absolute atomic E-state index is 3.79. The Hall–Kier alpha value is 0.697. The molecule has 106 valence electrons.